The van der Waals surface area contributed by atoms with E-state index >= 15 is 0 Å². The van der Waals surface area contributed by atoms with Crippen LogP contribution < -0.4 is 5.43 Å². The van der Waals surface area contributed by atoms with Gasteiger partial charge in [0.1, 0.15) is 11.4 Å². The molecule has 0 saturated carbocycles. The number of aryl methyl sites for hydroxylation is 1. The Morgan fingerprint density at radius 3 is 2.48 bits per heavy atom. The summed E-state index contributed by atoms with van der Waals surface area (Å²) < 4.78 is 24.0. The van der Waals surface area contributed by atoms with Gasteiger partial charge in [-0.25, -0.2) is 9.18 Å². The summed E-state index contributed by atoms with van der Waals surface area (Å²) in [5, 5.41) is 0.381. The molecule has 5 heteroatoms. The molecule has 0 bridgehead atoms. The molecular formula is C20H17FO4. The average molecular weight is 340 g/mol. The van der Waals surface area contributed by atoms with Crippen LogP contribution in [0.1, 0.15) is 30.0 Å². The Bertz CT molecular complexity index is 987. The molecule has 0 aliphatic heterocycles. The normalized spacial score (nSPS) is 10.8. The molecule has 128 valence electrons. The van der Waals surface area contributed by atoms with Crippen molar-refractivity contribution in [2.45, 2.75) is 20.3 Å². The van der Waals surface area contributed by atoms with Crippen LogP contribution in [-0.2, 0) is 11.2 Å². The van der Waals surface area contributed by atoms with Gasteiger partial charge < -0.3 is 9.15 Å². The van der Waals surface area contributed by atoms with Crippen molar-refractivity contribution >= 4 is 16.9 Å². The van der Waals surface area contributed by atoms with E-state index < -0.39 is 11.8 Å². The predicted molar refractivity (Wildman–Crippen MR) is 93.2 cm³/mol. The molecule has 3 aromatic rings. The van der Waals surface area contributed by atoms with Gasteiger partial charge in [0.15, 0.2) is 0 Å². The van der Waals surface area contributed by atoms with Crippen LogP contribution in [0, 0.1) is 5.82 Å². The first-order valence-electron chi connectivity index (χ1n) is 8.08. The summed E-state index contributed by atoms with van der Waals surface area (Å²) in [6.45, 7) is 3.80. The van der Waals surface area contributed by atoms with Gasteiger partial charge in [0.25, 0.3) is 0 Å². The average Bonchev–Trinajstić information content (AvgIpc) is 2.62. The Kier molecular flexibility index (Phi) is 4.65. The van der Waals surface area contributed by atoms with Crippen LogP contribution in [0.5, 0.6) is 0 Å². The minimum atomic E-state index is -0.722. The number of rotatable bonds is 4. The van der Waals surface area contributed by atoms with Gasteiger partial charge in [-0.3, -0.25) is 4.79 Å². The maximum Gasteiger partial charge on any atom is 0.375 e. The summed E-state index contributed by atoms with van der Waals surface area (Å²) in [7, 11) is 0. The molecule has 25 heavy (non-hydrogen) atoms. The van der Waals surface area contributed by atoms with E-state index in [9.17, 15) is 14.0 Å². The van der Waals surface area contributed by atoms with E-state index in [2.05, 4.69) is 0 Å². The number of hydrogen-bond acceptors (Lipinski definition) is 4. The lowest BCUT2D eigenvalue weighted by atomic mass is 10.0. The number of hydrogen-bond donors (Lipinski definition) is 0. The lowest BCUT2D eigenvalue weighted by molar-refractivity contribution is 0.0492. The molecule has 1 aromatic heterocycles. The molecule has 0 fully saturated rings. The van der Waals surface area contributed by atoms with Crippen molar-refractivity contribution in [3.8, 4) is 11.1 Å². The Labute approximate surface area is 143 Å². The third kappa shape index (κ3) is 3.18. The van der Waals surface area contributed by atoms with Crippen molar-refractivity contribution < 1.29 is 18.3 Å². The smallest absolute Gasteiger partial charge is 0.375 e. The van der Waals surface area contributed by atoms with Crippen LogP contribution in [-0.4, -0.2) is 12.6 Å². The third-order valence-corrected chi connectivity index (χ3v) is 3.96. The number of carbonyl (C=O) groups is 1. The van der Waals surface area contributed by atoms with E-state index in [-0.39, 0.29) is 23.4 Å². The first-order valence-corrected chi connectivity index (χ1v) is 8.08. The molecule has 4 nitrogen and oxygen atoms in total. The maximum absolute atomic E-state index is 13.2. The molecule has 0 atom stereocenters. The van der Waals surface area contributed by atoms with E-state index in [1.807, 2.05) is 13.0 Å². The number of carbonyl (C=O) groups excluding carboxylic acids is 1. The number of benzene rings is 2. The quantitative estimate of drug-likeness (QED) is 0.663. The van der Waals surface area contributed by atoms with Crippen molar-refractivity contribution in [1.82, 2.24) is 0 Å². The van der Waals surface area contributed by atoms with Crippen LogP contribution in [0.3, 0.4) is 0 Å². The highest BCUT2D eigenvalue weighted by Crippen LogP contribution is 2.26. The van der Waals surface area contributed by atoms with Crippen molar-refractivity contribution in [1.29, 1.82) is 0 Å². The molecule has 2 aromatic carbocycles. The maximum atomic E-state index is 13.2. The number of halogens is 1. The summed E-state index contributed by atoms with van der Waals surface area (Å²) in [6, 6.07) is 10.6. The van der Waals surface area contributed by atoms with Crippen molar-refractivity contribution in [2.75, 3.05) is 6.61 Å². The molecule has 0 radical (unpaired) electrons. The van der Waals surface area contributed by atoms with Gasteiger partial charge in [-0.05, 0) is 48.7 Å². The van der Waals surface area contributed by atoms with Gasteiger partial charge in [0, 0.05) is 0 Å². The molecule has 1 heterocycles. The zero-order chi connectivity index (χ0) is 18.0. The minimum Gasteiger partial charge on any atom is -0.460 e. The van der Waals surface area contributed by atoms with Crippen molar-refractivity contribution in [3.63, 3.8) is 0 Å². The van der Waals surface area contributed by atoms with E-state index in [0.29, 0.717) is 16.5 Å². The summed E-state index contributed by atoms with van der Waals surface area (Å²) in [5.74, 6) is -1.32. The second kappa shape index (κ2) is 6.89. The Morgan fingerprint density at radius 2 is 1.84 bits per heavy atom. The zero-order valence-electron chi connectivity index (χ0n) is 14.0. The topological polar surface area (TPSA) is 56.5 Å². The van der Waals surface area contributed by atoms with Gasteiger partial charge in [-0.1, -0.05) is 25.1 Å². The highest BCUT2D eigenvalue weighted by molar-refractivity contribution is 5.97. The summed E-state index contributed by atoms with van der Waals surface area (Å²) >= 11 is 0. The first kappa shape index (κ1) is 16.9. The second-order valence-electron chi connectivity index (χ2n) is 5.55. The van der Waals surface area contributed by atoms with E-state index in [4.69, 9.17) is 9.15 Å². The molecule has 0 spiro atoms. The standard InChI is InChI=1S/C20H17FO4/c1-3-12-5-10-16-15(11-12)18(22)17(13-6-8-14(21)9-7-13)19(25-16)20(23)24-4-2/h5-11H,3-4H2,1-2H3. The molecule has 0 aliphatic rings. The Balaban J connectivity index is 2.35. The SMILES string of the molecule is CCOC(=O)c1oc2ccc(CC)cc2c(=O)c1-c1ccc(F)cc1. The van der Waals surface area contributed by atoms with Crippen molar-refractivity contribution in [2.24, 2.45) is 0 Å². The predicted octanol–water partition coefficient (Wildman–Crippen LogP) is 4.34. The first-order chi connectivity index (χ1) is 12.0. The van der Waals surface area contributed by atoms with Crippen LogP contribution in [0.15, 0.2) is 51.7 Å². The van der Waals surface area contributed by atoms with E-state index in [1.165, 1.54) is 24.3 Å². The molecular weight excluding hydrogens is 323 g/mol. The monoisotopic (exact) mass is 340 g/mol. The Morgan fingerprint density at radius 1 is 1.12 bits per heavy atom. The van der Waals surface area contributed by atoms with Gasteiger partial charge in [0.05, 0.1) is 17.6 Å². The van der Waals surface area contributed by atoms with Gasteiger partial charge in [-0.15, -0.1) is 0 Å². The highest BCUT2D eigenvalue weighted by atomic mass is 19.1. The minimum absolute atomic E-state index is 0.0826. The lowest BCUT2D eigenvalue weighted by Crippen LogP contribution is -2.15. The molecule has 3 rings (SSSR count). The number of ether oxygens (including phenoxy) is 1. The molecule has 0 N–H and O–H groups in total. The van der Waals surface area contributed by atoms with Crippen LogP contribution in [0.4, 0.5) is 4.39 Å². The zero-order valence-corrected chi connectivity index (χ0v) is 14.0. The van der Waals surface area contributed by atoms with Crippen LogP contribution in [0.25, 0.3) is 22.1 Å². The Hall–Kier alpha value is -2.95. The summed E-state index contributed by atoms with van der Waals surface area (Å²) in [6.07, 6.45) is 0.765. The van der Waals surface area contributed by atoms with Crippen LogP contribution >= 0.6 is 0 Å². The highest BCUT2D eigenvalue weighted by Gasteiger charge is 2.23. The number of esters is 1. The van der Waals surface area contributed by atoms with Gasteiger partial charge >= 0.3 is 5.97 Å². The summed E-state index contributed by atoms with van der Waals surface area (Å²) in [4.78, 5) is 25.3. The lowest BCUT2D eigenvalue weighted by Gasteiger charge is -2.10. The largest absolute Gasteiger partial charge is 0.460 e. The number of fused-ring (bicyclic) bond motifs is 1. The fourth-order valence-corrected chi connectivity index (χ4v) is 2.68. The fraction of sp³-hybridized carbons (Fsp3) is 0.200. The molecule has 0 amide bonds. The third-order valence-electron chi connectivity index (χ3n) is 3.96. The van der Waals surface area contributed by atoms with Crippen molar-refractivity contribution in [3.05, 3.63) is 69.8 Å². The summed E-state index contributed by atoms with van der Waals surface area (Å²) in [5.41, 5.74) is 1.44. The van der Waals surface area contributed by atoms with E-state index in [1.54, 1.807) is 19.1 Å². The molecule has 0 aliphatic carbocycles. The molecule has 0 saturated heterocycles. The molecule has 0 unspecified atom stereocenters. The van der Waals surface area contributed by atoms with Gasteiger partial charge in [0.2, 0.25) is 11.2 Å². The second-order valence-corrected chi connectivity index (χ2v) is 5.55. The van der Waals surface area contributed by atoms with Crippen LogP contribution in [0.2, 0.25) is 0 Å². The van der Waals surface area contributed by atoms with Gasteiger partial charge in [-0.2, -0.15) is 0 Å². The fourth-order valence-electron chi connectivity index (χ4n) is 2.68. The van der Waals surface area contributed by atoms with E-state index in [0.717, 1.165) is 12.0 Å².